The zero-order chi connectivity index (χ0) is 13.8. The lowest BCUT2D eigenvalue weighted by atomic mass is 10.2. The van der Waals surface area contributed by atoms with Crippen LogP contribution < -0.4 is 4.74 Å². The van der Waals surface area contributed by atoms with Gasteiger partial charge in [0.15, 0.2) is 0 Å². The van der Waals surface area contributed by atoms with E-state index in [1.54, 1.807) is 6.07 Å². The van der Waals surface area contributed by atoms with Crippen LogP contribution in [0, 0.1) is 5.82 Å². The van der Waals surface area contributed by atoms with Gasteiger partial charge in [-0.2, -0.15) is 0 Å². The van der Waals surface area contributed by atoms with Crippen LogP contribution in [-0.4, -0.2) is 0 Å². The van der Waals surface area contributed by atoms with E-state index in [1.807, 2.05) is 18.2 Å². The van der Waals surface area contributed by atoms with Crippen molar-refractivity contribution in [3.63, 3.8) is 0 Å². The molecule has 1 nitrogen and oxygen atoms in total. The highest BCUT2D eigenvalue weighted by Gasteiger charge is 2.06. The van der Waals surface area contributed by atoms with Gasteiger partial charge in [-0.15, -0.1) is 0 Å². The van der Waals surface area contributed by atoms with E-state index < -0.39 is 0 Å². The standard InChI is InChI=1S/C14H10Br2ClFO/c15-7-10-5-11(16)2-4-14(10)19-8-9-1-3-12(18)6-13(9)17/h1-6H,7-8H2. The number of hydrogen-bond acceptors (Lipinski definition) is 1. The summed E-state index contributed by atoms with van der Waals surface area (Å²) >= 11 is 12.8. The lowest BCUT2D eigenvalue weighted by Gasteiger charge is -2.11. The Bertz CT molecular complexity index is 590. The summed E-state index contributed by atoms with van der Waals surface area (Å²) in [6.45, 7) is 0.306. The number of benzene rings is 2. The third-order valence-electron chi connectivity index (χ3n) is 2.56. The van der Waals surface area contributed by atoms with E-state index in [9.17, 15) is 4.39 Å². The van der Waals surface area contributed by atoms with Crippen molar-refractivity contribution in [3.05, 3.63) is 62.8 Å². The van der Waals surface area contributed by atoms with Gasteiger partial charge in [0.2, 0.25) is 0 Å². The molecule has 2 aromatic rings. The smallest absolute Gasteiger partial charge is 0.124 e. The minimum atomic E-state index is -0.349. The molecule has 2 aromatic carbocycles. The zero-order valence-electron chi connectivity index (χ0n) is 9.80. The largest absolute Gasteiger partial charge is 0.489 e. The van der Waals surface area contributed by atoms with Crippen LogP contribution in [0.5, 0.6) is 5.75 Å². The molecule has 0 N–H and O–H groups in total. The van der Waals surface area contributed by atoms with Crippen molar-refractivity contribution in [2.24, 2.45) is 0 Å². The number of ether oxygens (including phenoxy) is 1. The second-order valence-corrected chi connectivity index (χ2v) is 5.79. The first kappa shape index (κ1) is 14.8. The molecule has 0 aromatic heterocycles. The summed E-state index contributed by atoms with van der Waals surface area (Å²) in [6.07, 6.45) is 0. The molecular formula is C14H10Br2ClFO. The van der Waals surface area contributed by atoms with E-state index in [4.69, 9.17) is 16.3 Å². The average molecular weight is 408 g/mol. The number of hydrogen-bond donors (Lipinski definition) is 0. The van der Waals surface area contributed by atoms with E-state index in [0.29, 0.717) is 17.0 Å². The molecule has 0 saturated carbocycles. The second-order valence-electron chi connectivity index (χ2n) is 3.91. The van der Waals surface area contributed by atoms with Crippen LogP contribution in [0.4, 0.5) is 4.39 Å². The average Bonchev–Trinajstić information content (AvgIpc) is 2.39. The molecule has 0 aliphatic heterocycles. The maximum absolute atomic E-state index is 12.9. The van der Waals surface area contributed by atoms with Gasteiger partial charge in [0.25, 0.3) is 0 Å². The summed E-state index contributed by atoms with van der Waals surface area (Å²) in [7, 11) is 0. The normalized spacial score (nSPS) is 10.5. The van der Waals surface area contributed by atoms with Gasteiger partial charge >= 0.3 is 0 Å². The van der Waals surface area contributed by atoms with Crippen molar-refractivity contribution in [1.82, 2.24) is 0 Å². The number of halogens is 4. The van der Waals surface area contributed by atoms with Crippen molar-refractivity contribution in [1.29, 1.82) is 0 Å². The van der Waals surface area contributed by atoms with E-state index in [2.05, 4.69) is 31.9 Å². The number of alkyl halides is 1. The molecule has 0 unspecified atom stereocenters. The predicted molar refractivity (Wildman–Crippen MR) is 82.5 cm³/mol. The molecule has 19 heavy (non-hydrogen) atoms. The molecule has 0 atom stereocenters. The summed E-state index contributed by atoms with van der Waals surface area (Å²) < 4.78 is 19.7. The topological polar surface area (TPSA) is 9.23 Å². The summed E-state index contributed by atoms with van der Waals surface area (Å²) in [4.78, 5) is 0. The Morgan fingerprint density at radius 2 is 1.89 bits per heavy atom. The molecule has 2 rings (SSSR count). The zero-order valence-corrected chi connectivity index (χ0v) is 13.7. The molecular weight excluding hydrogens is 398 g/mol. The summed E-state index contributed by atoms with van der Waals surface area (Å²) in [5, 5.41) is 1.07. The van der Waals surface area contributed by atoms with E-state index in [-0.39, 0.29) is 5.82 Å². The van der Waals surface area contributed by atoms with Gasteiger partial charge in [-0.05, 0) is 30.3 Å². The minimum Gasteiger partial charge on any atom is -0.489 e. The minimum absolute atomic E-state index is 0.306. The first-order chi connectivity index (χ1) is 9.10. The van der Waals surface area contributed by atoms with Gasteiger partial charge < -0.3 is 4.74 Å². The molecule has 0 aliphatic carbocycles. The Hall–Kier alpha value is -0.580. The fraction of sp³-hybridized carbons (Fsp3) is 0.143. The summed E-state index contributed by atoms with van der Waals surface area (Å²) in [5.41, 5.74) is 1.79. The molecule has 0 spiro atoms. The number of rotatable bonds is 4. The van der Waals surface area contributed by atoms with Crippen LogP contribution in [-0.2, 0) is 11.9 Å². The van der Waals surface area contributed by atoms with Crippen LogP contribution in [0.1, 0.15) is 11.1 Å². The molecule has 0 fully saturated rings. The Balaban J connectivity index is 2.14. The first-order valence-electron chi connectivity index (χ1n) is 5.51. The Morgan fingerprint density at radius 3 is 2.58 bits per heavy atom. The van der Waals surface area contributed by atoms with Gasteiger partial charge in [-0.25, -0.2) is 4.39 Å². The Morgan fingerprint density at radius 1 is 1.11 bits per heavy atom. The molecule has 0 amide bonds. The van der Waals surface area contributed by atoms with E-state index >= 15 is 0 Å². The van der Waals surface area contributed by atoms with Crippen LogP contribution in [0.2, 0.25) is 5.02 Å². The van der Waals surface area contributed by atoms with E-state index in [1.165, 1.54) is 12.1 Å². The van der Waals surface area contributed by atoms with Crippen molar-refractivity contribution in [2.75, 3.05) is 0 Å². The van der Waals surface area contributed by atoms with Crippen LogP contribution in [0.25, 0.3) is 0 Å². The van der Waals surface area contributed by atoms with Crippen LogP contribution in [0.15, 0.2) is 40.9 Å². The van der Waals surface area contributed by atoms with Gasteiger partial charge in [0, 0.05) is 20.9 Å². The maximum Gasteiger partial charge on any atom is 0.124 e. The molecule has 100 valence electrons. The van der Waals surface area contributed by atoms with Gasteiger partial charge in [0.1, 0.15) is 18.2 Å². The highest BCUT2D eigenvalue weighted by Crippen LogP contribution is 2.27. The fourth-order valence-electron chi connectivity index (χ4n) is 1.59. The van der Waals surface area contributed by atoms with Crippen molar-refractivity contribution >= 4 is 43.5 Å². The third-order valence-corrected chi connectivity index (χ3v) is 4.01. The maximum atomic E-state index is 12.9. The fourth-order valence-corrected chi connectivity index (χ4v) is 2.66. The second kappa shape index (κ2) is 6.73. The lowest BCUT2D eigenvalue weighted by molar-refractivity contribution is 0.304. The monoisotopic (exact) mass is 406 g/mol. The van der Waals surface area contributed by atoms with Crippen LogP contribution in [0.3, 0.4) is 0 Å². The third kappa shape index (κ3) is 3.94. The molecule has 0 radical (unpaired) electrons. The predicted octanol–water partition coefficient (Wildman–Crippen LogP) is 5.72. The van der Waals surface area contributed by atoms with Crippen molar-refractivity contribution in [3.8, 4) is 5.75 Å². The first-order valence-corrected chi connectivity index (χ1v) is 7.80. The lowest BCUT2D eigenvalue weighted by Crippen LogP contribution is -1.99. The van der Waals surface area contributed by atoms with Gasteiger partial charge in [-0.3, -0.25) is 0 Å². The molecule has 0 bridgehead atoms. The van der Waals surface area contributed by atoms with Crippen molar-refractivity contribution in [2.45, 2.75) is 11.9 Å². The summed E-state index contributed by atoms with van der Waals surface area (Å²) in [6, 6.07) is 10.1. The molecule has 5 heteroatoms. The quantitative estimate of drug-likeness (QED) is 0.589. The SMILES string of the molecule is Fc1ccc(COc2ccc(Br)cc2CBr)c(Cl)c1. The van der Waals surface area contributed by atoms with Gasteiger partial charge in [0.05, 0.1) is 5.02 Å². The highest BCUT2D eigenvalue weighted by molar-refractivity contribution is 9.10. The Kier molecular flexibility index (Phi) is 5.25. The molecule has 0 aliphatic rings. The molecule has 0 saturated heterocycles. The Labute approximate surface area is 133 Å². The van der Waals surface area contributed by atoms with Crippen molar-refractivity contribution < 1.29 is 9.13 Å². The van der Waals surface area contributed by atoms with Crippen LogP contribution >= 0.6 is 43.5 Å². The summed E-state index contributed by atoms with van der Waals surface area (Å²) in [5.74, 6) is 0.430. The highest BCUT2D eigenvalue weighted by atomic mass is 79.9. The van der Waals surface area contributed by atoms with Gasteiger partial charge in [-0.1, -0.05) is 49.5 Å². The van der Waals surface area contributed by atoms with E-state index in [0.717, 1.165) is 21.3 Å². The molecule has 0 heterocycles.